The third-order valence-electron chi connectivity index (χ3n) is 3.33. The van der Waals surface area contributed by atoms with Crippen LogP contribution in [0.5, 0.6) is 0 Å². The molecule has 1 saturated carbocycles. The van der Waals surface area contributed by atoms with Crippen LogP contribution in [0.25, 0.3) is 0 Å². The molecular weight excluding hydrogens is 302 g/mol. The smallest absolute Gasteiger partial charge is 0.327 e. The van der Waals surface area contributed by atoms with Gasteiger partial charge in [-0.3, -0.25) is 9.59 Å². The Kier molecular flexibility index (Phi) is 5.32. The molecule has 0 saturated heterocycles. The number of carbonyl (C=O) groups excluding carboxylic acids is 2. The molecule has 1 rings (SSSR count). The molecule has 0 aliphatic heterocycles. The summed E-state index contributed by atoms with van der Waals surface area (Å²) in [4.78, 5) is 33.1. The van der Waals surface area contributed by atoms with Crippen molar-refractivity contribution in [2.75, 3.05) is 18.6 Å². The zero-order valence-corrected chi connectivity index (χ0v) is 12.7. The van der Waals surface area contributed by atoms with Gasteiger partial charge in [0, 0.05) is 6.92 Å². The fourth-order valence-corrected chi connectivity index (χ4v) is 4.30. The van der Waals surface area contributed by atoms with Crippen LogP contribution in [0.2, 0.25) is 0 Å². The third-order valence-corrected chi connectivity index (χ3v) is 5.22. The molecule has 1 atom stereocenters. The first-order valence-corrected chi connectivity index (χ1v) is 8.18. The van der Waals surface area contributed by atoms with Gasteiger partial charge in [0.25, 0.3) is 0 Å². The minimum Gasteiger partial charge on any atom is -0.480 e. The van der Waals surface area contributed by atoms with Gasteiger partial charge < -0.3 is 15.2 Å². The van der Waals surface area contributed by atoms with Crippen molar-refractivity contribution in [3.8, 4) is 0 Å². The number of amides is 1. The first kappa shape index (κ1) is 17.4. The summed E-state index contributed by atoms with van der Waals surface area (Å²) in [6, 6.07) is -1.48. The number of ether oxygens (including phenoxy) is 1. The van der Waals surface area contributed by atoms with Crippen LogP contribution in [0.3, 0.4) is 0 Å². The summed E-state index contributed by atoms with van der Waals surface area (Å²) in [7, 11) is -2.50. The van der Waals surface area contributed by atoms with Gasteiger partial charge in [0.2, 0.25) is 5.91 Å². The average Bonchev–Trinajstić information content (AvgIpc) is 3.05. The Hall–Kier alpha value is -1.64. The van der Waals surface area contributed by atoms with Gasteiger partial charge in [-0.25, -0.2) is 13.2 Å². The number of carboxylic acid groups (broad SMARTS) is 1. The van der Waals surface area contributed by atoms with E-state index in [0.29, 0.717) is 12.8 Å². The lowest BCUT2D eigenvalue weighted by atomic mass is 10.1. The molecule has 1 amide bonds. The number of hydrogen-bond donors (Lipinski definition) is 2. The summed E-state index contributed by atoms with van der Waals surface area (Å²) in [6.45, 7) is 1.11. The number of aliphatic carboxylic acids is 1. The maximum absolute atomic E-state index is 12.1. The maximum Gasteiger partial charge on any atom is 0.327 e. The average molecular weight is 321 g/mol. The fraction of sp³-hybridized carbons (Fsp3) is 0.750. The van der Waals surface area contributed by atoms with Crippen LogP contribution in [0.1, 0.15) is 26.2 Å². The molecule has 1 aliphatic carbocycles. The Morgan fingerprint density at radius 2 is 1.90 bits per heavy atom. The van der Waals surface area contributed by atoms with Gasteiger partial charge in [-0.2, -0.15) is 0 Å². The molecule has 0 aromatic rings. The number of rotatable bonds is 8. The highest BCUT2D eigenvalue weighted by Crippen LogP contribution is 2.50. The van der Waals surface area contributed by atoms with Crippen molar-refractivity contribution in [1.29, 1.82) is 0 Å². The third kappa shape index (κ3) is 5.70. The molecule has 21 heavy (non-hydrogen) atoms. The summed E-state index contributed by atoms with van der Waals surface area (Å²) in [5.74, 6) is -3.48. The van der Waals surface area contributed by atoms with E-state index in [-0.39, 0.29) is 12.2 Å². The molecule has 2 N–H and O–H groups in total. The first-order valence-electron chi connectivity index (χ1n) is 6.36. The molecule has 1 fully saturated rings. The van der Waals surface area contributed by atoms with Crippen molar-refractivity contribution < 1.29 is 32.6 Å². The van der Waals surface area contributed by atoms with E-state index >= 15 is 0 Å². The molecule has 1 aliphatic rings. The van der Waals surface area contributed by atoms with E-state index in [2.05, 4.69) is 10.1 Å². The number of carbonyl (C=O) groups is 3. The topological polar surface area (TPSA) is 127 Å². The minimum atomic E-state index is -3.72. The normalized spacial score (nSPS) is 17.6. The van der Waals surface area contributed by atoms with Gasteiger partial charge >= 0.3 is 11.9 Å². The van der Waals surface area contributed by atoms with Crippen LogP contribution in [-0.4, -0.2) is 56.0 Å². The SMILES string of the molecule is COC(=O)CC1(CS(=O)(=O)CC(NC(C)=O)C(=O)O)CC1. The van der Waals surface area contributed by atoms with Crippen LogP contribution in [0.15, 0.2) is 0 Å². The number of hydrogen-bond acceptors (Lipinski definition) is 6. The van der Waals surface area contributed by atoms with Crippen LogP contribution in [0.4, 0.5) is 0 Å². The largest absolute Gasteiger partial charge is 0.480 e. The molecule has 8 nitrogen and oxygen atoms in total. The second-order valence-electron chi connectivity index (χ2n) is 5.40. The van der Waals surface area contributed by atoms with Gasteiger partial charge in [0.05, 0.1) is 25.0 Å². The van der Waals surface area contributed by atoms with E-state index < -0.39 is 44.9 Å². The van der Waals surface area contributed by atoms with Gasteiger partial charge in [-0.15, -0.1) is 0 Å². The highest BCUT2D eigenvalue weighted by atomic mass is 32.2. The first-order chi connectivity index (χ1) is 9.59. The molecule has 0 aromatic heterocycles. The molecule has 0 heterocycles. The maximum atomic E-state index is 12.1. The molecule has 0 aromatic carbocycles. The second kappa shape index (κ2) is 6.42. The Morgan fingerprint density at radius 1 is 1.33 bits per heavy atom. The number of sulfone groups is 1. The van der Waals surface area contributed by atoms with E-state index in [1.807, 2.05) is 0 Å². The van der Waals surface area contributed by atoms with E-state index in [1.54, 1.807) is 0 Å². The molecule has 0 spiro atoms. The number of esters is 1. The van der Waals surface area contributed by atoms with Crippen molar-refractivity contribution in [3.63, 3.8) is 0 Å². The summed E-state index contributed by atoms with van der Waals surface area (Å²) in [5.41, 5.74) is -0.648. The molecular formula is C12H19NO7S. The van der Waals surface area contributed by atoms with Crippen molar-refractivity contribution in [2.24, 2.45) is 5.41 Å². The molecule has 9 heteroatoms. The highest BCUT2D eigenvalue weighted by molar-refractivity contribution is 7.91. The number of nitrogens with one attached hydrogen (secondary N) is 1. The molecule has 1 unspecified atom stereocenters. The number of methoxy groups -OCH3 is 1. The van der Waals surface area contributed by atoms with Gasteiger partial charge in [-0.1, -0.05) is 0 Å². The minimum absolute atomic E-state index is 0.000600. The highest BCUT2D eigenvalue weighted by Gasteiger charge is 2.48. The van der Waals surface area contributed by atoms with Crippen LogP contribution < -0.4 is 5.32 Å². The molecule has 0 radical (unpaired) electrons. The van der Waals surface area contributed by atoms with Crippen molar-refractivity contribution >= 4 is 27.7 Å². The molecule has 120 valence electrons. The number of carboxylic acids is 1. The van der Waals surface area contributed by atoms with Gasteiger partial charge in [0.15, 0.2) is 9.84 Å². The van der Waals surface area contributed by atoms with Gasteiger partial charge in [-0.05, 0) is 18.3 Å². The lowest BCUT2D eigenvalue weighted by Gasteiger charge is -2.17. The zero-order chi connectivity index (χ0) is 16.3. The lowest BCUT2D eigenvalue weighted by Crippen LogP contribution is -2.45. The lowest BCUT2D eigenvalue weighted by molar-refractivity contribution is -0.142. The van der Waals surface area contributed by atoms with Crippen molar-refractivity contribution in [1.82, 2.24) is 5.32 Å². The summed E-state index contributed by atoms with van der Waals surface area (Å²) < 4.78 is 28.7. The van der Waals surface area contributed by atoms with E-state index in [1.165, 1.54) is 7.11 Å². The Morgan fingerprint density at radius 3 is 2.29 bits per heavy atom. The quantitative estimate of drug-likeness (QED) is 0.568. The summed E-state index contributed by atoms with van der Waals surface area (Å²) in [6.07, 6.45) is 1.17. The van der Waals surface area contributed by atoms with E-state index in [9.17, 15) is 22.8 Å². The Labute approximate surface area is 122 Å². The van der Waals surface area contributed by atoms with E-state index in [0.717, 1.165) is 6.92 Å². The molecule has 0 bridgehead atoms. The van der Waals surface area contributed by atoms with Crippen LogP contribution in [-0.2, 0) is 29.0 Å². The van der Waals surface area contributed by atoms with Gasteiger partial charge in [0.1, 0.15) is 6.04 Å². The van der Waals surface area contributed by atoms with E-state index in [4.69, 9.17) is 5.11 Å². The van der Waals surface area contributed by atoms with Crippen LogP contribution >= 0.6 is 0 Å². The Balaban J connectivity index is 2.70. The summed E-state index contributed by atoms with van der Waals surface area (Å²) in [5, 5.41) is 11.0. The predicted octanol–water partition coefficient (Wildman–Crippen LogP) is -0.666. The summed E-state index contributed by atoms with van der Waals surface area (Å²) >= 11 is 0. The van der Waals surface area contributed by atoms with Crippen molar-refractivity contribution in [2.45, 2.75) is 32.2 Å². The second-order valence-corrected chi connectivity index (χ2v) is 7.51. The fourth-order valence-electron chi connectivity index (χ4n) is 2.13. The van der Waals surface area contributed by atoms with Crippen LogP contribution in [0, 0.1) is 5.41 Å². The van der Waals surface area contributed by atoms with Crippen molar-refractivity contribution in [3.05, 3.63) is 0 Å². The predicted molar refractivity (Wildman–Crippen MR) is 72.2 cm³/mol. The zero-order valence-electron chi connectivity index (χ0n) is 11.9. The standard InChI is InChI=1S/C12H19NO7S/c1-8(14)13-9(11(16)17)6-21(18,19)7-12(3-4-12)5-10(15)20-2/h9H,3-7H2,1-2H3,(H,13,14)(H,16,17). The monoisotopic (exact) mass is 321 g/mol. The Bertz CT molecular complexity index is 536.